The lowest BCUT2D eigenvalue weighted by Crippen LogP contribution is -2.39. The van der Waals surface area contributed by atoms with Crippen LogP contribution in [-0.4, -0.2) is 16.6 Å². The summed E-state index contributed by atoms with van der Waals surface area (Å²) < 4.78 is 0. The van der Waals surface area contributed by atoms with Crippen LogP contribution in [0.2, 0.25) is 0 Å². The van der Waals surface area contributed by atoms with Gasteiger partial charge in [0.15, 0.2) is 11.6 Å². The van der Waals surface area contributed by atoms with Crippen LogP contribution < -0.4 is 0 Å². The van der Waals surface area contributed by atoms with Crippen LogP contribution in [0, 0.1) is 23.7 Å². The maximum atomic E-state index is 12.4. The minimum absolute atomic E-state index is 0.0713. The van der Waals surface area contributed by atoms with Crippen LogP contribution in [-0.2, 0) is 0 Å². The van der Waals surface area contributed by atoms with Gasteiger partial charge in [0.05, 0.1) is 0 Å². The molecule has 0 aliphatic heterocycles. The molecule has 4 atom stereocenters. The van der Waals surface area contributed by atoms with Crippen LogP contribution >= 0.6 is 0 Å². The molecule has 2 bridgehead atoms. The largest absolute Gasteiger partial charge is 0.294 e. The lowest BCUT2D eigenvalue weighted by Gasteiger charge is -2.30. The minimum atomic E-state index is -0.139. The first-order chi connectivity index (χ1) is 8.27. The first-order valence-corrected chi connectivity index (χ1v) is 5.99. The average Bonchev–Trinajstić information content (AvgIpc) is 2.96. The number of carbonyl (C=O) groups is 2. The number of rotatable bonds is 0. The van der Waals surface area contributed by atoms with Crippen LogP contribution in [0.25, 0.3) is 0 Å². The minimum Gasteiger partial charge on any atom is -0.294 e. The number of aromatic nitrogens is 1. The number of ketones is 2. The molecule has 0 radical (unpaired) electrons. The highest BCUT2D eigenvalue weighted by Gasteiger charge is 2.54. The summed E-state index contributed by atoms with van der Waals surface area (Å²) in [5.41, 5.74) is 0.916. The number of Topliss-reactive ketones (excluding diaryl/α,β-unsaturated/α-hetero) is 2. The quantitative estimate of drug-likeness (QED) is 0.633. The summed E-state index contributed by atoms with van der Waals surface area (Å²) in [5, 5.41) is 0. The first kappa shape index (κ1) is 9.28. The van der Waals surface area contributed by atoms with Crippen molar-refractivity contribution >= 4 is 11.6 Å². The predicted octanol–water partition coefficient (Wildman–Crippen LogP) is 1.90. The highest BCUT2D eigenvalue weighted by Crippen LogP contribution is 2.52. The van der Waals surface area contributed by atoms with Gasteiger partial charge in [-0.15, -0.1) is 0 Å². The average molecular weight is 225 g/mol. The zero-order valence-electron chi connectivity index (χ0n) is 9.17. The van der Waals surface area contributed by atoms with E-state index in [4.69, 9.17) is 0 Å². The van der Waals surface area contributed by atoms with Gasteiger partial charge in [-0.1, -0.05) is 12.2 Å². The topological polar surface area (TPSA) is 47.0 Å². The Labute approximate surface area is 98.6 Å². The molecule has 0 unspecified atom stereocenters. The molecular weight excluding hydrogens is 214 g/mol. The van der Waals surface area contributed by atoms with Crippen molar-refractivity contribution in [3.05, 3.63) is 41.7 Å². The molecule has 0 N–H and O–H groups in total. The van der Waals surface area contributed by atoms with Gasteiger partial charge in [-0.3, -0.25) is 14.6 Å². The van der Waals surface area contributed by atoms with Crippen molar-refractivity contribution in [3.63, 3.8) is 0 Å². The van der Waals surface area contributed by atoms with E-state index in [2.05, 4.69) is 17.1 Å². The lowest BCUT2D eigenvalue weighted by molar-refractivity contribution is 0.0716. The summed E-state index contributed by atoms with van der Waals surface area (Å²) in [6.45, 7) is 0. The maximum Gasteiger partial charge on any atom is 0.186 e. The Kier molecular flexibility index (Phi) is 1.59. The number of pyridine rings is 1. The fraction of sp³-hybridized carbons (Fsp3) is 0.357. The molecule has 4 rings (SSSR count). The van der Waals surface area contributed by atoms with Crippen molar-refractivity contribution in [1.82, 2.24) is 4.98 Å². The summed E-state index contributed by atoms with van der Waals surface area (Å²) in [6, 6.07) is 3.46. The Morgan fingerprint density at radius 2 is 1.76 bits per heavy atom. The zero-order valence-corrected chi connectivity index (χ0v) is 9.17. The smallest absolute Gasteiger partial charge is 0.186 e. The SMILES string of the molecule is O=C1c2cccnc2C(=O)[C@H]2[C@@H]1[C@H]1C=C[C@H]2C1. The lowest BCUT2D eigenvalue weighted by atomic mass is 9.71. The van der Waals surface area contributed by atoms with Crippen LogP contribution in [0.15, 0.2) is 30.5 Å². The third-order valence-corrected chi connectivity index (χ3v) is 4.37. The summed E-state index contributed by atoms with van der Waals surface area (Å²) in [5.74, 6) is 0.470. The van der Waals surface area contributed by atoms with Crippen molar-refractivity contribution < 1.29 is 9.59 Å². The first-order valence-electron chi connectivity index (χ1n) is 5.99. The molecule has 17 heavy (non-hydrogen) atoms. The van der Waals surface area contributed by atoms with Crippen molar-refractivity contribution in [2.45, 2.75) is 6.42 Å². The van der Waals surface area contributed by atoms with Gasteiger partial charge in [0.1, 0.15) is 5.69 Å². The fourth-order valence-electron chi connectivity index (χ4n) is 3.68. The van der Waals surface area contributed by atoms with E-state index in [0.717, 1.165) is 6.42 Å². The van der Waals surface area contributed by atoms with Gasteiger partial charge in [0, 0.05) is 23.6 Å². The Bertz CT molecular complexity index is 526. The van der Waals surface area contributed by atoms with E-state index < -0.39 is 0 Å². The van der Waals surface area contributed by atoms with E-state index in [-0.39, 0.29) is 35.2 Å². The van der Waals surface area contributed by atoms with Crippen molar-refractivity contribution in [2.24, 2.45) is 23.7 Å². The zero-order chi connectivity index (χ0) is 11.6. The molecule has 84 valence electrons. The molecule has 1 aromatic heterocycles. The summed E-state index contributed by atoms with van der Waals surface area (Å²) in [7, 11) is 0. The number of hydrogen-bond donors (Lipinski definition) is 0. The Morgan fingerprint density at radius 3 is 2.53 bits per heavy atom. The molecule has 0 aromatic carbocycles. The molecule has 3 nitrogen and oxygen atoms in total. The molecule has 0 spiro atoms. The highest BCUT2D eigenvalue weighted by molar-refractivity contribution is 6.15. The predicted molar refractivity (Wildman–Crippen MR) is 60.6 cm³/mol. The third kappa shape index (κ3) is 0.996. The second-order valence-electron chi connectivity index (χ2n) is 5.13. The molecule has 0 saturated heterocycles. The van der Waals surface area contributed by atoms with E-state index >= 15 is 0 Å². The fourth-order valence-corrected chi connectivity index (χ4v) is 3.68. The number of hydrogen-bond acceptors (Lipinski definition) is 3. The van der Waals surface area contributed by atoms with E-state index in [1.165, 1.54) is 0 Å². The Balaban J connectivity index is 1.94. The van der Waals surface area contributed by atoms with Gasteiger partial charge in [0.2, 0.25) is 0 Å². The van der Waals surface area contributed by atoms with E-state index in [0.29, 0.717) is 11.3 Å². The van der Waals surface area contributed by atoms with Gasteiger partial charge < -0.3 is 0 Å². The number of nitrogens with zero attached hydrogens (tertiary/aromatic N) is 1. The van der Waals surface area contributed by atoms with Gasteiger partial charge in [0.25, 0.3) is 0 Å². The van der Waals surface area contributed by atoms with Crippen molar-refractivity contribution in [1.29, 1.82) is 0 Å². The normalized spacial score (nSPS) is 37.2. The molecule has 1 heterocycles. The maximum absolute atomic E-state index is 12.4. The van der Waals surface area contributed by atoms with Crippen molar-refractivity contribution in [2.75, 3.05) is 0 Å². The van der Waals surface area contributed by atoms with Gasteiger partial charge in [-0.25, -0.2) is 0 Å². The second-order valence-corrected chi connectivity index (χ2v) is 5.13. The van der Waals surface area contributed by atoms with Crippen LogP contribution in [0.1, 0.15) is 27.3 Å². The molecular formula is C14H11NO2. The third-order valence-electron chi connectivity index (χ3n) is 4.37. The van der Waals surface area contributed by atoms with Crippen LogP contribution in [0.4, 0.5) is 0 Å². The Hall–Kier alpha value is -1.77. The molecule has 1 fully saturated rings. The molecule has 3 aliphatic rings. The molecule has 3 heteroatoms. The highest BCUT2D eigenvalue weighted by atomic mass is 16.1. The molecule has 1 aromatic rings. The van der Waals surface area contributed by atoms with Gasteiger partial charge in [-0.2, -0.15) is 0 Å². The Morgan fingerprint density at radius 1 is 1.06 bits per heavy atom. The monoisotopic (exact) mass is 225 g/mol. The van der Waals surface area contributed by atoms with Crippen molar-refractivity contribution in [3.8, 4) is 0 Å². The molecule has 1 saturated carbocycles. The number of fused-ring (bicyclic) bond motifs is 6. The number of allylic oxidation sites excluding steroid dienone is 2. The van der Waals surface area contributed by atoms with Crippen LogP contribution in [0.3, 0.4) is 0 Å². The summed E-state index contributed by atoms with van der Waals surface area (Å²) in [6.07, 6.45) is 6.76. The summed E-state index contributed by atoms with van der Waals surface area (Å²) in [4.78, 5) is 28.9. The number of carbonyl (C=O) groups excluding carboxylic acids is 2. The van der Waals surface area contributed by atoms with E-state index in [1.54, 1.807) is 18.3 Å². The molecule has 3 aliphatic carbocycles. The van der Waals surface area contributed by atoms with Gasteiger partial charge >= 0.3 is 0 Å². The molecule has 0 amide bonds. The van der Waals surface area contributed by atoms with Gasteiger partial charge in [-0.05, 0) is 30.4 Å². The summed E-state index contributed by atoms with van der Waals surface area (Å²) >= 11 is 0. The second kappa shape index (κ2) is 2.92. The standard InChI is InChI=1S/C14H11NO2/c16-13-9-2-1-5-15-12(9)14(17)11-8-4-3-7(6-8)10(11)13/h1-5,7-8,10-11H,6H2/t7-,8-,10-,11+/m0/s1. The van der Waals surface area contributed by atoms with E-state index in [9.17, 15) is 9.59 Å². The van der Waals surface area contributed by atoms with E-state index in [1.807, 2.05) is 0 Å². The van der Waals surface area contributed by atoms with Crippen LogP contribution in [0.5, 0.6) is 0 Å².